The van der Waals surface area contributed by atoms with E-state index in [0.717, 1.165) is 0 Å². The minimum Gasteiger partial charge on any atom is -0.449 e. The summed E-state index contributed by atoms with van der Waals surface area (Å²) in [6.07, 6.45) is -0.941. The molecule has 0 heterocycles. The third kappa shape index (κ3) is 9.74. The number of carbonyl (C=O) groups excluding carboxylic acids is 4. The van der Waals surface area contributed by atoms with Crippen molar-refractivity contribution in [1.29, 1.82) is 0 Å². The highest BCUT2D eigenvalue weighted by molar-refractivity contribution is 6.09. The molecule has 0 spiro atoms. The number of anilines is 2. The fourth-order valence-electron chi connectivity index (χ4n) is 4.68. The van der Waals surface area contributed by atoms with Crippen LogP contribution in [0.2, 0.25) is 0 Å². The summed E-state index contributed by atoms with van der Waals surface area (Å²) in [5.41, 5.74) is 3.28. The Kier molecular flexibility index (Phi) is 14.3. The van der Waals surface area contributed by atoms with E-state index in [2.05, 4.69) is 20.6 Å². The average molecular weight is 657 g/mol. The summed E-state index contributed by atoms with van der Waals surface area (Å²) in [6.45, 7) is 13.2. The van der Waals surface area contributed by atoms with Gasteiger partial charge in [-0.05, 0) is 114 Å². The van der Waals surface area contributed by atoms with Crippen LogP contribution in [0, 0.1) is 0 Å². The summed E-state index contributed by atoms with van der Waals surface area (Å²) >= 11 is 0. The number of aliphatic imine (C=N–C) groups is 2. The Morgan fingerprint density at radius 2 is 0.833 bits per heavy atom. The molecule has 0 saturated carbocycles. The van der Waals surface area contributed by atoms with Crippen molar-refractivity contribution in [2.45, 2.75) is 41.5 Å². The van der Waals surface area contributed by atoms with Crippen LogP contribution in [-0.4, -0.2) is 84.9 Å². The van der Waals surface area contributed by atoms with Crippen LogP contribution in [0.15, 0.2) is 82.8 Å². The summed E-state index contributed by atoms with van der Waals surface area (Å²) in [7, 11) is 0. The van der Waals surface area contributed by atoms with Gasteiger partial charge in [0.05, 0.1) is 13.2 Å². The molecule has 0 atom stereocenters. The predicted molar refractivity (Wildman–Crippen MR) is 188 cm³/mol. The van der Waals surface area contributed by atoms with Crippen LogP contribution in [0.4, 0.5) is 21.0 Å². The van der Waals surface area contributed by atoms with Crippen molar-refractivity contribution < 1.29 is 28.7 Å². The standard InChI is InChI=1S/C36H44N6O6/c1-7-37-31(41(9-3)35(45)47-11-5)25-17-21-29(22-18-25)39-33(43)27-13-15-28(16-14-27)34(44)40-30-23-19-26(20-24-30)32(38-8-2)42(10-4)36(46)48-12-6/h13-24H,7-12H2,1-6H3,(H,39,43)(H,40,44). The summed E-state index contributed by atoms with van der Waals surface area (Å²) in [4.78, 5) is 62.7. The monoisotopic (exact) mass is 656 g/mol. The molecule has 0 unspecified atom stereocenters. The van der Waals surface area contributed by atoms with Crippen molar-refractivity contribution in [1.82, 2.24) is 9.80 Å². The molecule has 2 N–H and O–H groups in total. The Bertz CT molecular complexity index is 1480. The van der Waals surface area contributed by atoms with Crippen molar-refractivity contribution >= 4 is 47.0 Å². The van der Waals surface area contributed by atoms with Crippen molar-refractivity contribution in [3.05, 3.63) is 95.1 Å². The van der Waals surface area contributed by atoms with Crippen molar-refractivity contribution in [2.75, 3.05) is 50.0 Å². The summed E-state index contributed by atoms with van der Waals surface area (Å²) < 4.78 is 10.3. The first-order valence-electron chi connectivity index (χ1n) is 16.1. The van der Waals surface area contributed by atoms with Gasteiger partial charge >= 0.3 is 12.2 Å². The number of rotatable bonds is 12. The molecule has 12 nitrogen and oxygen atoms in total. The van der Waals surface area contributed by atoms with Gasteiger partial charge in [-0.15, -0.1) is 0 Å². The first-order valence-corrected chi connectivity index (χ1v) is 16.1. The summed E-state index contributed by atoms with van der Waals surface area (Å²) in [5, 5.41) is 5.71. The Hall–Kier alpha value is -5.52. The quantitative estimate of drug-likeness (QED) is 0.165. The molecule has 0 aliphatic rings. The molecule has 12 heteroatoms. The first kappa shape index (κ1) is 36.9. The van der Waals surface area contributed by atoms with Crippen LogP contribution in [-0.2, 0) is 9.47 Å². The maximum atomic E-state index is 13.0. The van der Waals surface area contributed by atoms with E-state index in [1.54, 1.807) is 86.6 Å². The highest BCUT2D eigenvalue weighted by Gasteiger charge is 2.22. The Balaban J connectivity index is 1.65. The Morgan fingerprint density at radius 3 is 1.10 bits per heavy atom. The maximum absolute atomic E-state index is 13.0. The van der Waals surface area contributed by atoms with E-state index in [1.165, 1.54) is 9.80 Å². The van der Waals surface area contributed by atoms with Gasteiger partial charge < -0.3 is 20.1 Å². The fourth-order valence-corrected chi connectivity index (χ4v) is 4.68. The van der Waals surface area contributed by atoms with Gasteiger partial charge in [0, 0.05) is 59.8 Å². The second kappa shape index (κ2) is 18.6. The lowest BCUT2D eigenvalue weighted by Crippen LogP contribution is -2.38. The summed E-state index contributed by atoms with van der Waals surface area (Å²) in [5.74, 6) is 0.299. The topological polar surface area (TPSA) is 142 Å². The third-order valence-electron chi connectivity index (χ3n) is 6.95. The maximum Gasteiger partial charge on any atom is 0.415 e. The van der Waals surface area contributed by atoms with E-state index in [1.807, 2.05) is 27.7 Å². The number of benzene rings is 3. The lowest BCUT2D eigenvalue weighted by molar-refractivity contribution is 0.101. The molecule has 254 valence electrons. The van der Waals surface area contributed by atoms with Gasteiger partial charge in [0.1, 0.15) is 11.7 Å². The van der Waals surface area contributed by atoms with Crippen molar-refractivity contribution in [3.63, 3.8) is 0 Å². The molecule has 0 fully saturated rings. The number of hydrogen-bond donors (Lipinski definition) is 2. The largest absolute Gasteiger partial charge is 0.449 e. The molecule has 0 bridgehead atoms. The minimum atomic E-state index is -0.470. The van der Waals surface area contributed by atoms with Crippen LogP contribution < -0.4 is 10.6 Å². The molecule has 4 amide bonds. The second-order valence-electron chi connectivity index (χ2n) is 10.1. The summed E-state index contributed by atoms with van der Waals surface area (Å²) in [6, 6.07) is 20.4. The highest BCUT2D eigenvalue weighted by atomic mass is 16.6. The number of carbonyl (C=O) groups is 4. The number of nitrogens with zero attached hydrogens (tertiary/aromatic N) is 4. The van der Waals surface area contributed by atoms with Crippen molar-refractivity contribution in [3.8, 4) is 0 Å². The van der Waals surface area contributed by atoms with Gasteiger partial charge in [-0.2, -0.15) is 0 Å². The van der Waals surface area contributed by atoms with E-state index < -0.39 is 12.2 Å². The van der Waals surface area contributed by atoms with E-state index in [-0.39, 0.29) is 25.0 Å². The molecule has 0 saturated heterocycles. The molecule has 48 heavy (non-hydrogen) atoms. The van der Waals surface area contributed by atoms with E-state index in [4.69, 9.17) is 9.47 Å². The molecular weight excluding hydrogens is 612 g/mol. The highest BCUT2D eigenvalue weighted by Crippen LogP contribution is 2.17. The van der Waals surface area contributed by atoms with Crippen LogP contribution in [0.5, 0.6) is 0 Å². The van der Waals surface area contributed by atoms with Gasteiger partial charge in [-0.1, -0.05) is 0 Å². The van der Waals surface area contributed by atoms with Gasteiger partial charge in [-0.3, -0.25) is 29.4 Å². The number of ether oxygens (including phenoxy) is 2. The zero-order chi connectivity index (χ0) is 35.1. The zero-order valence-corrected chi connectivity index (χ0v) is 28.4. The van der Waals surface area contributed by atoms with Crippen molar-refractivity contribution in [2.24, 2.45) is 9.98 Å². The van der Waals surface area contributed by atoms with Crippen LogP contribution in [0.3, 0.4) is 0 Å². The smallest absolute Gasteiger partial charge is 0.415 e. The van der Waals surface area contributed by atoms with Gasteiger partial charge in [0.2, 0.25) is 0 Å². The van der Waals surface area contributed by atoms with E-state index >= 15 is 0 Å². The van der Waals surface area contributed by atoms with E-state index in [9.17, 15) is 19.2 Å². The van der Waals surface area contributed by atoms with Gasteiger partial charge in [-0.25, -0.2) is 9.59 Å². The molecule has 3 aromatic carbocycles. The fraction of sp³-hybridized carbons (Fsp3) is 0.333. The van der Waals surface area contributed by atoms with Gasteiger partial charge in [0.15, 0.2) is 0 Å². The van der Waals surface area contributed by atoms with E-state index in [0.29, 0.717) is 71.5 Å². The van der Waals surface area contributed by atoms with Crippen LogP contribution >= 0.6 is 0 Å². The second-order valence-corrected chi connectivity index (χ2v) is 10.1. The minimum absolute atomic E-state index is 0.258. The normalized spacial score (nSPS) is 11.4. The van der Waals surface area contributed by atoms with Crippen LogP contribution in [0.1, 0.15) is 73.4 Å². The molecular formula is C36H44N6O6. The Labute approximate surface area is 281 Å². The predicted octanol–water partition coefficient (Wildman–Crippen LogP) is 6.68. The molecule has 0 aromatic heterocycles. The number of nitrogens with one attached hydrogen (secondary N) is 2. The molecule has 0 aliphatic carbocycles. The van der Waals surface area contributed by atoms with Gasteiger partial charge in [0.25, 0.3) is 11.8 Å². The molecule has 0 radical (unpaired) electrons. The zero-order valence-electron chi connectivity index (χ0n) is 28.4. The first-order chi connectivity index (χ1) is 23.2. The number of amides is 4. The SMILES string of the molecule is CCN=C(c1ccc(NC(=O)c2ccc(C(=O)Nc3ccc(C(=NCC)N(CC)C(=O)OCC)cc3)cc2)cc1)N(CC)C(=O)OCC. The lowest BCUT2D eigenvalue weighted by Gasteiger charge is -2.22. The molecule has 3 aromatic rings. The molecule has 0 aliphatic heterocycles. The number of amidine groups is 2. The average Bonchev–Trinajstić information content (AvgIpc) is 3.09. The van der Waals surface area contributed by atoms with Crippen LogP contribution in [0.25, 0.3) is 0 Å². The lowest BCUT2D eigenvalue weighted by atomic mass is 10.1. The number of hydrogen-bond acceptors (Lipinski definition) is 8. The molecule has 3 rings (SSSR count). The third-order valence-corrected chi connectivity index (χ3v) is 6.95. The Morgan fingerprint density at radius 1 is 0.521 bits per heavy atom.